The van der Waals surface area contributed by atoms with E-state index in [1.54, 1.807) is 54.6 Å². The van der Waals surface area contributed by atoms with Gasteiger partial charge in [0.25, 0.3) is 5.91 Å². The molecule has 2 aromatic rings. The largest absolute Gasteiger partial charge is 0.482 e. The fraction of sp³-hybridized carbons (Fsp3) is 0.0556. The third-order valence-corrected chi connectivity index (χ3v) is 4.35. The minimum Gasteiger partial charge on any atom is -0.482 e. The van der Waals surface area contributed by atoms with Gasteiger partial charge in [-0.1, -0.05) is 29.8 Å². The number of aliphatic imine (C=N–C) groups is 1. The van der Waals surface area contributed by atoms with E-state index in [1.165, 1.54) is 11.8 Å². The van der Waals surface area contributed by atoms with Crippen molar-refractivity contribution in [2.24, 2.45) is 4.99 Å². The molecule has 0 atom stereocenters. The van der Waals surface area contributed by atoms with Gasteiger partial charge in [0, 0.05) is 5.02 Å². The topological polar surface area (TPSA) is 88.0 Å². The van der Waals surface area contributed by atoms with Crippen molar-refractivity contribution in [2.45, 2.75) is 0 Å². The van der Waals surface area contributed by atoms with E-state index in [-0.39, 0.29) is 5.91 Å². The maximum atomic E-state index is 12.1. The Morgan fingerprint density at radius 2 is 2.08 bits per heavy atom. The molecule has 0 aliphatic carbocycles. The number of carbonyl (C=O) groups excluding carboxylic acids is 1. The SMILES string of the molecule is O=C(O)COc1cccc(/C=C2/SC(=Nc3cccc(Cl)c3)NC2=O)c1. The molecule has 1 amide bonds. The minimum absolute atomic E-state index is 0.257. The van der Waals surface area contributed by atoms with Crippen LogP contribution in [0.15, 0.2) is 58.4 Å². The molecule has 1 saturated heterocycles. The van der Waals surface area contributed by atoms with Crippen molar-refractivity contribution >= 4 is 52.2 Å². The summed E-state index contributed by atoms with van der Waals surface area (Å²) in [5.74, 6) is -0.896. The van der Waals surface area contributed by atoms with Gasteiger partial charge in [0.15, 0.2) is 11.8 Å². The zero-order chi connectivity index (χ0) is 18.5. The zero-order valence-electron chi connectivity index (χ0n) is 13.3. The van der Waals surface area contributed by atoms with Crippen molar-refractivity contribution in [3.8, 4) is 5.75 Å². The quantitative estimate of drug-likeness (QED) is 0.762. The van der Waals surface area contributed by atoms with Gasteiger partial charge in [-0.15, -0.1) is 0 Å². The summed E-state index contributed by atoms with van der Waals surface area (Å²) in [5.41, 5.74) is 1.36. The number of ether oxygens (including phenoxy) is 1. The van der Waals surface area contributed by atoms with Crippen LogP contribution in [0.2, 0.25) is 5.02 Å². The van der Waals surface area contributed by atoms with Crippen molar-refractivity contribution in [3.05, 3.63) is 64.0 Å². The lowest BCUT2D eigenvalue weighted by molar-refractivity contribution is -0.139. The highest BCUT2D eigenvalue weighted by atomic mass is 35.5. The number of thioether (sulfide) groups is 1. The molecule has 26 heavy (non-hydrogen) atoms. The van der Waals surface area contributed by atoms with Crippen molar-refractivity contribution < 1.29 is 19.4 Å². The smallest absolute Gasteiger partial charge is 0.341 e. The van der Waals surface area contributed by atoms with Crippen LogP contribution in [0.1, 0.15) is 5.56 Å². The summed E-state index contributed by atoms with van der Waals surface area (Å²) in [6.07, 6.45) is 1.69. The second-order valence-electron chi connectivity index (χ2n) is 5.22. The van der Waals surface area contributed by atoms with Gasteiger partial charge in [-0.25, -0.2) is 9.79 Å². The first-order valence-corrected chi connectivity index (χ1v) is 8.69. The molecule has 0 unspecified atom stereocenters. The number of nitrogens with zero attached hydrogens (tertiary/aromatic N) is 1. The third-order valence-electron chi connectivity index (χ3n) is 3.21. The Bertz CT molecular complexity index is 927. The van der Waals surface area contributed by atoms with E-state index in [9.17, 15) is 9.59 Å². The summed E-state index contributed by atoms with van der Waals surface area (Å²) in [6.45, 7) is -0.425. The van der Waals surface area contributed by atoms with Gasteiger partial charge in [0.2, 0.25) is 0 Å². The number of aliphatic carboxylic acids is 1. The first-order chi connectivity index (χ1) is 12.5. The molecule has 2 aromatic carbocycles. The molecular formula is C18H13ClN2O4S. The Labute approximate surface area is 158 Å². The number of amides is 1. The zero-order valence-corrected chi connectivity index (χ0v) is 14.9. The van der Waals surface area contributed by atoms with E-state index < -0.39 is 12.6 Å². The lowest BCUT2D eigenvalue weighted by Crippen LogP contribution is -2.19. The Hall–Kier alpha value is -2.77. The monoisotopic (exact) mass is 388 g/mol. The molecule has 8 heteroatoms. The molecule has 0 radical (unpaired) electrons. The molecule has 0 aromatic heterocycles. The maximum absolute atomic E-state index is 12.1. The molecule has 0 spiro atoms. The van der Waals surface area contributed by atoms with Crippen LogP contribution in [0.4, 0.5) is 5.69 Å². The number of hydrogen-bond donors (Lipinski definition) is 2. The van der Waals surface area contributed by atoms with E-state index in [1.807, 2.05) is 0 Å². The Morgan fingerprint density at radius 1 is 1.27 bits per heavy atom. The number of carbonyl (C=O) groups is 2. The summed E-state index contributed by atoms with van der Waals surface area (Å²) in [7, 11) is 0. The molecule has 1 heterocycles. The summed E-state index contributed by atoms with van der Waals surface area (Å²) < 4.78 is 5.14. The van der Waals surface area contributed by atoms with Gasteiger partial charge in [-0.2, -0.15) is 0 Å². The predicted molar refractivity (Wildman–Crippen MR) is 102 cm³/mol. The number of amidine groups is 1. The molecule has 6 nitrogen and oxygen atoms in total. The highest BCUT2D eigenvalue weighted by Crippen LogP contribution is 2.29. The van der Waals surface area contributed by atoms with Crippen LogP contribution < -0.4 is 10.1 Å². The molecule has 1 aliphatic heterocycles. The molecule has 1 aliphatic rings. The van der Waals surface area contributed by atoms with Gasteiger partial charge in [0.1, 0.15) is 5.75 Å². The van der Waals surface area contributed by atoms with Gasteiger partial charge in [0.05, 0.1) is 10.6 Å². The normalized spacial score (nSPS) is 16.7. The van der Waals surface area contributed by atoms with Crippen LogP contribution in [0.3, 0.4) is 0 Å². The first-order valence-electron chi connectivity index (χ1n) is 7.49. The maximum Gasteiger partial charge on any atom is 0.341 e. The van der Waals surface area contributed by atoms with E-state index >= 15 is 0 Å². The molecule has 0 bridgehead atoms. The molecule has 1 fully saturated rings. The lowest BCUT2D eigenvalue weighted by atomic mass is 10.2. The summed E-state index contributed by atoms with van der Waals surface area (Å²) in [4.78, 5) is 27.5. The Morgan fingerprint density at radius 3 is 2.85 bits per heavy atom. The number of nitrogens with one attached hydrogen (secondary N) is 1. The average molecular weight is 389 g/mol. The van der Waals surface area contributed by atoms with E-state index in [0.29, 0.717) is 26.5 Å². The first kappa shape index (κ1) is 18.0. The van der Waals surface area contributed by atoms with Crippen LogP contribution in [0, 0.1) is 0 Å². The van der Waals surface area contributed by atoms with Gasteiger partial charge in [-0.05, 0) is 53.7 Å². The van der Waals surface area contributed by atoms with E-state index in [2.05, 4.69) is 10.3 Å². The molecule has 3 rings (SSSR count). The highest BCUT2D eigenvalue weighted by molar-refractivity contribution is 8.18. The Kier molecular flexibility index (Phi) is 5.60. The second-order valence-corrected chi connectivity index (χ2v) is 6.68. The fourth-order valence-electron chi connectivity index (χ4n) is 2.13. The molecule has 2 N–H and O–H groups in total. The minimum atomic E-state index is -1.05. The van der Waals surface area contributed by atoms with Crippen LogP contribution in [-0.4, -0.2) is 28.8 Å². The number of carboxylic acids is 1. The molecular weight excluding hydrogens is 376 g/mol. The van der Waals surface area contributed by atoms with Crippen molar-refractivity contribution in [2.75, 3.05) is 6.61 Å². The third kappa shape index (κ3) is 4.87. The van der Waals surface area contributed by atoms with Crippen LogP contribution in [0.25, 0.3) is 6.08 Å². The summed E-state index contributed by atoms with van der Waals surface area (Å²) in [5, 5.41) is 12.4. The Balaban J connectivity index is 1.76. The van der Waals surface area contributed by atoms with Crippen LogP contribution >= 0.6 is 23.4 Å². The van der Waals surface area contributed by atoms with Gasteiger partial charge >= 0.3 is 5.97 Å². The standard InChI is InChI=1S/C18H13ClN2O4S/c19-12-4-2-5-13(9-12)20-18-21-17(24)15(26-18)8-11-3-1-6-14(7-11)25-10-16(22)23/h1-9H,10H2,(H,22,23)(H,20,21,24)/b15-8+. The molecule has 0 saturated carbocycles. The predicted octanol–water partition coefficient (Wildman–Crippen LogP) is 3.70. The number of hydrogen-bond acceptors (Lipinski definition) is 5. The van der Waals surface area contributed by atoms with Crippen molar-refractivity contribution in [1.29, 1.82) is 0 Å². The average Bonchev–Trinajstić information content (AvgIpc) is 2.92. The highest BCUT2D eigenvalue weighted by Gasteiger charge is 2.23. The second kappa shape index (κ2) is 8.07. The molecule has 132 valence electrons. The number of carboxylic acid groups (broad SMARTS) is 1. The summed E-state index contributed by atoms with van der Waals surface area (Å²) in [6, 6.07) is 13.8. The van der Waals surface area contributed by atoms with Gasteiger partial charge in [-0.3, -0.25) is 4.79 Å². The van der Waals surface area contributed by atoms with Gasteiger partial charge < -0.3 is 15.2 Å². The number of halogens is 1. The van der Waals surface area contributed by atoms with Crippen LogP contribution in [-0.2, 0) is 9.59 Å². The van der Waals surface area contributed by atoms with E-state index in [4.69, 9.17) is 21.4 Å². The fourth-order valence-corrected chi connectivity index (χ4v) is 3.16. The number of benzene rings is 2. The number of rotatable bonds is 5. The lowest BCUT2D eigenvalue weighted by Gasteiger charge is -2.03. The van der Waals surface area contributed by atoms with Crippen LogP contribution in [0.5, 0.6) is 5.75 Å². The van der Waals surface area contributed by atoms with Crippen molar-refractivity contribution in [3.63, 3.8) is 0 Å². The van der Waals surface area contributed by atoms with E-state index in [0.717, 1.165) is 5.56 Å². The summed E-state index contributed by atoms with van der Waals surface area (Å²) >= 11 is 7.14. The van der Waals surface area contributed by atoms with Crippen molar-refractivity contribution in [1.82, 2.24) is 5.32 Å².